The molecule has 1 aromatic carbocycles. The molecular formula is C14H15N3O2. The lowest BCUT2D eigenvalue weighted by atomic mass is 10.1. The lowest BCUT2D eigenvalue weighted by Crippen LogP contribution is -2.03. The van der Waals surface area contributed by atoms with Crippen molar-refractivity contribution in [2.75, 3.05) is 5.32 Å². The first-order chi connectivity index (χ1) is 9.08. The Morgan fingerprint density at radius 3 is 2.74 bits per heavy atom. The summed E-state index contributed by atoms with van der Waals surface area (Å²) < 4.78 is 0. The molecule has 1 N–H and O–H groups in total. The Morgan fingerprint density at radius 1 is 1.26 bits per heavy atom. The minimum absolute atomic E-state index is 0.0935. The van der Waals surface area contributed by atoms with Gasteiger partial charge in [0, 0.05) is 36.8 Å². The number of anilines is 1. The minimum atomic E-state index is -0.389. The first kappa shape index (κ1) is 13.0. The maximum Gasteiger partial charge on any atom is 0.271 e. The van der Waals surface area contributed by atoms with E-state index in [1.54, 1.807) is 24.5 Å². The van der Waals surface area contributed by atoms with E-state index in [2.05, 4.69) is 10.3 Å². The van der Waals surface area contributed by atoms with Gasteiger partial charge in [-0.05, 0) is 36.6 Å². The van der Waals surface area contributed by atoms with Crippen molar-refractivity contribution in [2.24, 2.45) is 0 Å². The van der Waals surface area contributed by atoms with Crippen molar-refractivity contribution in [1.29, 1.82) is 0 Å². The standard InChI is InChI=1S/C14H15N3O2/c1-10-5-6-15-8-12(10)9-16-14-7-13(17(18)19)4-3-11(14)2/h3-8,16H,9H2,1-2H3. The van der Waals surface area contributed by atoms with Crippen LogP contribution in [0.3, 0.4) is 0 Å². The average molecular weight is 257 g/mol. The molecule has 0 spiro atoms. The van der Waals surface area contributed by atoms with Crippen LogP contribution in [0.15, 0.2) is 36.7 Å². The first-order valence-corrected chi connectivity index (χ1v) is 5.96. The van der Waals surface area contributed by atoms with Gasteiger partial charge in [0.25, 0.3) is 5.69 Å². The van der Waals surface area contributed by atoms with Crippen LogP contribution < -0.4 is 5.32 Å². The fourth-order valence-electron chi connectivity index (χ4n) is 1.79. The fourth-order valence-corrected chi connectivity index (χ4v) is 1.79. The highest BCUT2D eigenvalue weighted by atomic mass is 16.6. The summed E-state index contributed by atoms with van der Waals surface area (Å²) in [5.41, 5.74) is 4.07. The van der Waals surface area contributed by atoms with E-state index in [0.717, 1.165) is 22.4 Å². The highest BCUT2D eigenvalue weighted by molar-refractivity contribution is 5.57. The Bertz CT molecular complexity index is 611. The van der Waals surface area contributed by atoms with Crippen molar-refractivity contribution in [3.05, 3.63) is 63.5 Å². The predicted octanol–water partition coefficient (Wildman–Crippen LogP) is 3.22. The average Bonchev–Trinajstić information content (AvgIpc) is 2.39. The summed E-state index contributed by atoms with van der Waals surface area (Å²) in [6.45, 7) is 4.53. The largest absolute Gasteiger partial charge is 0.380 e. The Morgan fingerprint density at radius 2 is 2.05 bits per heavy atom. The number of benzene rings is 1. The van der Waals surface area contributed by atoms with E-state index in [0.29, 0.717) is 6.54 Å². The summed E-state index contributed by atoms with van der Waals surface area (Å²) in [7, 11) is 0. The van der Waals surface area contributed by atoms with Gasteiger partial charge >= 0.3 is 0 Å². The summed E-state index contributed by atoms with van der Waals surface area (Å²) in [6, 6.07) is 6.75. The zero-order valence-corrected chi connectivity index (χ0v) is 10.9. The smallest absolute Gasteiger partial charge is 0.271 e. The summed E-state index contributed by atoms with van der Waals surface area (Å²) in [6.07, 6.45) is 3.55. The predicted molar refractivity (Wildman–Crippen MR) is 74.1 cm³/mol. The van der Waals surface area contributed by atoms with Crippen molar-refractivity contribution in [3.63, 3.8) is 0 Å². The fraction of sp³-hybridized carbons (Fsp3) is 0.214. The molecule has 98 valence electrons. The zero-order valence-electron chi connectivity index (χ0n) is 10.9. The second kappa shape index (κ2) is 5.48. The molecule has 0 atom stereocenters. The molecule has 0 bridgehead atoms. The molecule has 0 saturated carbocycles. The van der Waals surface area contributed by atoms with Crippen molar-refractivity contribution >= 4 is 11.4 Å². The number of nitro groups is 1. The van der Waals surface area contributed by atoms with Crippen LogP contribution in [0.1, 0.15) is 16.7 Å². The third kappa shape index (κ3) is 3.07. The van der Waals surface area contributed by atoms with Crippen LogP contribution in [0.25, 0.3) is 0 Å². The van der Waals surface area contributed by atoms with Crippen LogP contribution in [-0.2, 0) is 6.54 Å². The number of nitro benzene ring substituents is 1. The number of non-ortho nitro benzene ring substituents is 1. The van der Waals surface area contributed by atoms with E-state index >= 15 is 0 Å². The Hall–Kier alpha value is -2.43. The number of nitrogens with zero attached hydrogens (tertiary/aromatic N) is 2. The van der Waals surface area contributed by atoms with Crippen molar-refractivity contribution < 1.29 is 4.92 Å². The lowest BCUT2D eigenvalue weighted by molar-refractivity contribution is -0.384. The van der Waals surface area contributed by atoms with Crippen LogP contribution >= 0.6 is 0 Å². The summed E-state index contributed by atoms with van der Waals surface area (Å²) in [5, 5.41) is 14.0. The quantitative estimate of drug-likeness (QED) is 0.674. The molecule has 0 radical (unpaired) electrons. The van der Waals surface area contributed by atoms with Gasteiger partial charge in [-0.25, -0.2) is 0 Å². The molecule has 0 amide bonds. The van der Waals surface area contributed by atoms with Gasteiger partial charge in [0.15, 0.2) is 0 Å². The molecular weight excluding hydrogens is 242 g/mol. The van der Waals surface area contributed by atoms with Crippen molar-refractivity contribution in [2.45, 2.75) is 20.4 Å². The van der Waals surface area contributed by atoms with E-state index in [1.165, 1.54) is 6.07 Å². The molecule has 5 heteroatoms. The third-order valence-corrected chi connectivity index (χ3v) is 3.05. The SMILES string of the molecule is Cc1ccncc1CNc1cc([N+](=O)[O-])ccc1C. The van der Waals surface area contributed by atoms with E-state index in [9.17, 15) is 10.1 Å². The molecule has 19 heavy (non-hydrogen) atoms. The number of rotatable bonds is 4. The molecule has 2 aromatic rings. The Kier molecular flexibility index (Phi) is 3.75. The summed E-state index contributed by atoms with van der Waals surface area (Å²) >= 11 is 0. The van der Waals surface area contributed by atoms with E-state index in [1.807, 2.05) is 19.9 Å². The monoisotopic (exact) mass is 257 g/mol. The van der Waals surface area contributed by atoms with Gasteiger partial charge in [-0.2, -0.15) is 0 Å². The van der Waals surface area contributed by atoms with Crippen LogP contribution in [-0.4, -0.2) is 9.91 Å². The summed E-state index contributed by atoms with van der Waals surface area (Å²) in [5.74, 6) is 0. The minimum Gasteiger partial charge on any atom is -0.380 e. The van der Waals surface area contributed by atoms with Gasteiger partial charge in [-0.15, -0.1) is 0 Å². The highest BCUT2D eigenvalue weighted by Crippen LogP contribution is 2.22. The van der Waals surface area contributed by atoms with Crippen LogP contribution in [0.4, 0.5) is 11.4 Å². The molecule has 0 aliphatic heterocycles. The van der Waals surface area contributed by atoms with Gasteiger partial charge in [0.1, 0.15) is 0 Å². The normalized spacial score (nSPS) is 10.2. The molecule has 0 fully saturated rings. The number of pyridine rings is 1. The van der Waals surface area contributed by atoms with E-state index in [4.69, 9.17) is 0 Å². The Balaban J connectivity index is 2.17. The summed E-state index contributed by atoms with van der Waals surface area (Å²) in [4.78, 5) is 14.4. The van der Waals surface area contributed by atoms with Gasteiger partial charge in [0.05, 0.1) is 4.92 Å². The molecule has 0 aliphatic rings. The van der Waals surface area contributed by atoms with Crippen molar-refractivity contribution in [3.8, 4) is 0 Å². The second-order valence-corrected chi connectivity index (χ2v) is 4.41. The topological polar surface area (TPSA) is 68.1 Å². The maximum atomic E-state index is 10.8. The van der Waals surface area contributed by atoms with Gasteiger partial charge in [-0.3, -0.25) is 15.1 Å². The first-order valence-electron chi connectivity index (χ1n) is 5.96. The van der Waals surface area contributed by atoms with E-state index in [-0.39, 0.29) is 10.6 Å². The second-order valence-electron chi connectivity index (χ2n) is 4.41. The van der Waals surface area contributed by atoms with E-state index < -0.39 is 0 Å². The third-order valence-electron chi connectivity index (χ3n) is 3.05. The van der Waals surface area contributed by atoms with Gasteiger partial charge in [-0.1, -0.05) is 6.07 Å². The Labute approximate surface area is 111 Å². The number of hydrogen-bond acceptors (Lipinski definition) is 4. The van der Waals surface area contributed by atoms with Crippen LogP contribution in [0.2, 0.25) is 0 Å². The number of hydrogen-bond donors (Lipinski definition) is 1. The molecule has 5 nitrogen and oxygen atoms in total. The van der Waals surface area contributed by atoms with Crippen LogP contribution in [0.5, 0.6) is 0 Å². The van der Waals surface area contributed by atoms with Crippen LogP contribution in [0, 0.1) is 24.0 Å². The molecule has 0 unspecified atom stereocenters. The maximum absolute atomic E-state index is 10.8. The molecule has 2 rings (SSSR count). The number of nitrogens with one attached hydrogen (secondary N) is 1. The van der Waals surface area contributed by atoms with Crippen molar-refractivity contribution in [1.82, 2.24) is 4.98 Å². The lowest BCUT2D eigenvalue weighted by Gasteiger charge is -2.10. The zero-order chi connectivity index (χ0) is 13.8. The highest BCUT2D eigenvalue weighted by Gasteiger charge is 2.08. The molecule has 0 aliphatic carbocycles. The van der Waals surface area contributed by atoms with Gasteiger partial charge < -0.3 is 5.32 Å². The number of aryl methyl sites for hydroxylation is 2. The number of aromatic nitrogens is 1. The molecule has 0 saturated heterocycles. The molecule has 1 aromatic heterocycles. The van der Waals surface area contributed by atoms with Gasteiger partial charge in [0.2, 0.25) is 0 Å². The molecule has 1 heterocycles.